The monoisotopic (exact) mass is 530 g/mol. The van der Waals surface area contributed by atoms with Crippen LogP contribution in [0.15, 0.2) is 42.5 Å². The maximum Gasteiger partial charge on any atom is 0.230 e. The molecule has 1 heterocycles. The first-order valence-corrected chi connectivity index (χ1v) is 13.6. The Hall–Kier alpha value is -2.16. The fourth-order valence-corrected chi connectivity index (χ4v) is 5.25. The molecule has 2 aromatic carbocycles. The average Bonchev–Trinajstić information content (AvgIpc) is 3.73. The number of methoxy groups -OCH3 is 2. The van der Waals surface area contributed by atoms with E-state index in [4.69, 9.17) is 25.8 Å². The molecule has 2 aliphatic rings. The van der Waals surface area contributed by atoms with Gasteiger partial charge in [0, 0.05) is 45.0 Å². The van der Waals surface area contributed by atoms with E-state index in [1.54, 1.807) is 26.4 Å². The summed E-state index contributed by atoms with van der Waals surface area (Å²) in [7, 11) is 3.36. The molecule has 2 N–H and O–H groups in total. The molecule has 2 aromatic rings. The molecule has 1 saturated carbocycles. The number of aryl methyl sites for hydroxylation is 1. The molecule has 1 saturated heterocycles. The fraction of sp³-hybridized carbons (Fsp3) is 0.552. The maximum atomic E-state index is 14.1. The Balaban J connectivity index is 1.57. The van der Waals surface area contributed by atoms with E-state index in [0.29, 0.717) is 50.9 Å². The number of benzene rings is 2. The van der Waals surface area contributed by atoms with E-state index in [9.17, 15) is 9.90 Å². The van der Waals surface area contributed by atoms with Gasteiger partial charge in [0.25, 0.3) is 0 Å². The summed E-state index contributed by atoms with van der Waals surface area (Å²) in [5.41, 5.74) is 1.68. The molecule has 1 aliphatic carbocycles. The van der Waals surface area contributed by atoms with Gasteiger partial charge in [-0.25, -0.2) is 0 Å². The molecule has 8 heteroatoms. The van der Waals surface area contributed by atoms with Gasteiger partial charge < -0.3 is 29.5 Å². The number of carbonyl (C=O) groups is 1. The van der Waals surface area contributed by atoms with Crippen molar-refractivity contribution in [3.8, 4) is 5.75 Å². The summed E-state index contributed by atoms with van der Waals surface area (Å²) in [6, 6.07) is 13.6. The normalized spacial score (nSPS) is 21.6. The van der Waals surface area contributed by atoms with Crippen LogP contribution in [0.1, 0.15) is 42.4 Å². The van der Waals surface area contributed by atoms with Gasteiger partial charge in [0.15, 0.2) is 0 Å². The summed E-state index contributed by atoms with van der Waals surface area (Å²) < 4.78 is 16.3. The van der Waals surface area contributed by atoms with Crippen LogP contribution in [0, 0.1) is 5.92 Å². The van der Waals surface area contributed by atoms with Gasteiger partial charge in [0.1, 0.15) is 18.0 Å². The Kier molecular flexibility index (Phi) is 9.84. The number of ether oxygens (including phenoxy) is 3. The lowest BCUT2D eigenvalue weighted by atomic mass is 9.75. The van der Waals surface area contributed by atoms with Crippen LogP contribution in [0.5, 0.6) is 5.75 Å². The number of hydrogen-bond acceptors (Lipinski definition) is 6. The maximum absolute atomic E-state index is 14.1. The molecule has 1 amide bonds. The van der Waals surface area contributed by atoms with Crippen LogP contribution in [-0.2, 0) is 32.8 Å². The molecule has 0 aromatic heterocycles. The lowest BCUT2D eigenvalue weighted by Gasteiger charge is -2.42. The number of amides is 1. The zero-order valence-corrected chi connectivity index (χ0v) is 22.6. The van der Waals surface area contributed by atoms with E-state index in [1.165, 1.54) is 0 Å². The lowest BCUT2D eigenvalue weighted by Crippen LogP contribution is -2.55. The number of halogens is 1. The third kappa shape index (κ3) is 7.24. The molecule has 202 valence electrons. The first kappa shape index (κ1) is 27.9. The van der Waals surface area contributed by atoms with Crippen molar-refractivity contribution in [2.24, 2.45) is 5.92 Å². The van der Waals surface area contributed by atoms with Crippen molar-refractivity contribution in [2.75, 3.05) is 47.1 Å². The van der Waals surface area contributed by atoms with Crippen LogP contribution in [0.25, 0.3) is 0 Å². The first-order valence-electron chi connectivity index (χ1n) is 13.2. The molecule has 4 rings (SSSR count). The SMILES string of the molecule is COCCCc1cc(CN(C(=O)[C@H]2CNCC[C@]2(O)c2ccc(Cl)cc2)C2CC2)cc(OCCOC)c1. The van der Waals surface area contributed by atoms with Gasteiger partial charge in [-0.1, -0.05) is 29.8 Å². The number of nitrogens with one attached hydrogen (secondary N) is 1. The number of nitrogens with zero attached hydrogens (tertiary/aromatic N) is 1. The van der Waals surface area contributed by atoms with Gasteiger partial charge in [-0.15, -0.1) is 0 Å². The van der Waals surface area contributed by atoms with Crippen molar-refractivity contribution >= 4 is 17.5 Å². The van der Waals surface area contributed by atoms with Crippen molar-refractivity contribution in [3.63, 3.8) is 0 Å². The van der Waals surface area contributed by atoms with Gasteiger partial charge in [-0.2, -0.15) is 0 Å². The molecule has 7 nitrogen and oxygen atoms in total. The smallest absolute Gasteiger partial charge is 0.230 e. The van der Waals surface area contributed by atoms with Crippen LogP contribution in [-0.4, -0.2) is 69.1 Å². The largest absolute Gasteiger partial charge is 0.491 e. The summed E-state index contributed by atoms with van der Waals surface area (Å²) in [5.74, 6) is 0.186. The van der Waals surface area contributed by atoms with Crippen molar-refractivity contribution in [1.29, 1.82) is 0 Å². The van der Waals surface area contributed by atoms with E-state index in [-0.39, 0.29) is 11.9 Å². The zero-order valence-electron chi connectivity index (χ0n) is 21.9. The van der Waals surface area contributed by atoms with Crippen molar-refractivity contribution < 1.29 is 24.1 Å². The molecular weight excluding hydrogens is 492 g/mol. The van der Waals surface area contributed by atoms with Crippen molar-refractivity contribution in [1.82, 2.24) is 10.2 Å². The summed E-state index contributed by atoms with van der Waals surface area (Å²) in [5, 5.41) is 15.8. The van der Waals surface area contributed by atoms with Crippen LogP contribution in [0.2, 0.25) is 5.02 Å². The fourth-order valence-electron chi connectivity index (χ4n) is 5.13. The third-order valence-corrected chi connectivity index (χ3v) is 7.52. The molecule has 0 spiro atoms. The van der Waals surface area contributed by atoms with Gasteiger partial charge in [-0.3, -0.25) is 4.79 Å². The van der Waals surface area contributed by atoms with Gasteiger partial charge in [-0.05, 0) is 79.6 Å². The van der Waals surface area contributed by atoms with Gasteiger partial charge in [0.05, 0.1) is 12.5 Å². The molecule has 0 unspecified atom stereocenters. The summed E-state index contributed by atoms with van der Waals surface area (Å²) in [6.45, 7) is 3.23. The Morgan fingerprint density at radius 2 is 1.81 bits per heavy atom. The molecule has 0 radical (unpaired) electrons. The third-order valence-electron chi connectivity index (χ3n) is 7.27. The number of carbonyl (C=O) groups excluding carboxylic acids is 1. The topological polar surface area (TPSA) is 80.3 Å². The standard InChI is InChI=1S/C29H39ClN2O5/c1-35-13-3-4-21-16-22(18-26(17-21)37-15-14-36-2)20-32(25-9-10-25)28(33)27-19-31-12-11-29(27,34)23-5-7-24(30)8-6-23/h5-8,16-18,25,27,31,34H,3-4,9-15,19-20H2,1-2H3/t27-,29+/m1/s1. The Morgan fingerprint density at radius 1 is 1.08 bits per heavy atom. The average molecular weight is 531 g/mol. The second-order valence-corrected chi connectivity index (χ2v) is 10.5. The van der Waals surface area contributed by atoms with Gasteiger partial charge in [0.2, 0.25) is 5.91 Å². The number of hydrogen-bond donors (Lipinski definition) is 2. The van der Waals surface area contributed by atoms with Crippen LogP contribution in [0.3, 0.4) is 0 Å². The first-order chi connectivity index (χ1) is 17.9. The Labute approximate surface area is 225 Å². The molecule has 37 heavy (non-hydrogen) atoms. The van der Waals surface area contributed by atoms with Crippen molar-refractivity contribution in [3.05, 3.63) is 64.2 Å². The van der Waals surface area contributed by atoms with Crippen LogP contribution < -0.4 is 10.1 Å². The van der Waals surface area contributed by atoms with E-state index >= 15 is 0 Å². The summed E-state index contributed by atoms with van der Waals surface area (Å²) >= 11 is 6.10. The van der Waals surface area contributed by atoms with Crippen molar-refractivity contribution in [2.45, 2.75) is 50.3 Å². The zero-order chi connectivity index (χ0) is 26.3. The van der Waals surface area contributed by atoms with E-state index in [1.807, 2.05) is 23.1 Å². The molecule has 2 atom stereocenters. The molecule has 0 bridgehead atoms. The molecule has 1 aliphatic heterocycles. The highest BCUT2D eigenvalue weighted by molar-refractivity contribution is 6.30. The molecular formula is C29H39ClN2O5. The quantitative estimate of drug-likeness (QED) is 0.382. The minimum Gasteiger partial charge on any atom is -0.491 e. The minimum absolute atomic E-state index is 0.0150. The highest BCUT2D eigenvalue weighted by Crippen LogP contribution is 2.39. The highest BCUT2D eigenvalue weighted by atomic mass is 35.5. The summed E-state index contributed by atoms with van der Waals surface area (Å²) in [4.78, 5) is 16.0. The second-order valence-electron chi connectivity index (χ2n) is 10.1. The van der Waals surface area contributed by atoms with Gasteiger partial charge >= 0.3 is 0 Å². The summed E-state index contributed by atoms with van der Waals surface area (Å²) in [6.07, 6.45) is 4.20. The number of rotatable bonds is 13. The predicted octanol–water partition coefficient (Wildman–Crippen LogP) is 3.93. The van der Waals surface area contributed by atoms with E-state index in [2.05, 4.69) is 17.4 Å². The predicted molar refractivity (Wildman–Crippen MR) is 144 cm³/mol. The highest BCUT2D eigenvalue weighted by Gasteiger charge is 2.48. The molecule has 2 fully saturated rings. The second kappa shape index (κ2) is 13.1. The number of aliphatic hydroxyl groups is 1. The Morgan fingerprint density at radius 3 is 2.51 bits per heavy atom. The number of piperidine rings is 1. The minimum atomic E-state index is -1.24. The van der Waals surface area contributed by atoms with Crippen LogP contribution in [0.4, 0.5) is 0 Å². The van der Waals surface area contributed by atoms with E-state index in [0.717, 1.165) is 48.1 Å². The van der Waals surface area contributed by atoms with E-state index < -0.39 is 11.5 Å². The Bertz CT molecular complexity index is 1000. The lowest BCUT2D eigenvalue weighted by molar-refractivity contribution is -0.150. The van der Waals surface area contributed by atoms with Crippen LogP contribution >= 0.6 is 11.6 Å².